The van der Waals surface area contributed by atoms with E-state index in [-0.39, 0.29) is 18.6 Å². The van der Waals surface area contributed by atoms with E-state index in [4.69, 9.17) is 10.5 Å². The van der Waals surface area contributed by atoms with Gasteiger partial charge < -0.3 is 25.4 Å². The number of rotatable bonds is 4. The minimum atomic E-state index is -0.530. The van der Waals surface area contributed by atoms with Crippen LogP contribution in [0.25, 0.3) is 0 Å². The molecule has 8 heteroatoms. The van der Waals surface area contributed by atoms with Crippen LogP contribution in [0.5, 0.6) is 0 Å². The number of nitrogen functional groups attached to an aromatic ring is 1. The van der Waals surface area contributed by atoms with Gasteiger partial charge in [0, 0.05) is 18.8 Å². The Balaban J connectivity index is 2.00. The van der Waals surface area contributed by atoms with Crippen molar-refractivity contribution in [1.29, 1.82) is 0 Å². The zero-order chi connectivity index (χ0) is 20.9. The molecule has 0 spiro atoms. The summed E-state index contributed by atoms with van der Waals surface area (Å²) in [5.41, 5.74) is 7.08. The number of carbonyl (C=O) groups excluding carboxylic acids is 3. The number of piperidine rings is 1. The van der Waals surface area contributed by atoms with Gasteiger partial charge in [0.05, 0.1) is 12.7 Å². The lowest BCUT2D eigenvalue weighted by Crippen LogP contribution is -2.41. The number of methoxy groups -OCH3 is 1. The second kappa shape index (κ2) is 8.95. The first-order chi connectivity index (χ1) is 13.1. The third kappa shape index (κ3) is 5.87. The van der Waals surface area contributed by atoms with Crippen LogP contribution < -0.4 is 11.1 Å². The Hall–Kier alpha value is -2.77. The van der Waals surface area contributed by atoms with Crippen LogP contribution in [0, 0.1) is 0 Å². The van der Waals surface area contributed by atoms with Crippen LogP contribution in [0.1, 0.15) is 55.5 Å². The van der Waals surface area contributed by atoms with Crippen LogP contribution in [-0.2, 0) is 14.3 Å². The predicted molar refractivity (Wildman–Crippen MR) is 105 cm³/mol. The fraction of sp³-hybridized carbons (Fsp3) is 0.550. The molecular weight excluding hydrogens is 362 g/mol. The molecule has 1 aromatic rings. The van der Waals surface area contributed by atoms with Gasteiger partial charge in [-0.2, -0.15) is 0 Å². The van der Waals surface area contributed by atoms with E-state index < -0.39 is 17.5 Å². The molecule has 0 radical (unpaired) electrons. The number of nitrogens with zero attached hydrogens (tertiary/aromatic N) is 1. The molecule has 1 heterocycles. The monoisotopic (exact) mass is 391 g/mol. The average molecular weight is 391 g/mol. The van der Waals surface area contributed by atoms with Crippen LogP contribution in [0.3, 0.4) is 0 Å². The molecule has 0 saturated carbocycles. The maximum Gasteiger partial charge on any atom is 0.410 e. The molecule has 2 rings (SSSR count). The zero-order valence-electron chi connectivity index (χ0n) is 16.9. The highest BCUT2D eigenvalue weighted by Crippen LogP contribution is 2.30. The molecule has 28 heavy (non-hydrogen) atoms. The van der Waals surface area contributed by atoms with Crippen LogP contribution >= 0.6 is 0 Å². The summed E-state index contributed by atoms with van der Waals surface area (Å²) in [5.74, 6) is -0.736. The van der Waals surface area contributed by atoms with E-state index in [1.54, 1.807) is 17.0 Å². The highest BCUT2D eigenvalue weighted by atomic mass is 16.6. The van der Waals surface area contributed by atoms with Gasteiger partial charge in [-0.15, -0.1) is 0 Å². The Morgan fingerprint density at radius 3 is 2.43 bits per heavy atom. The summed E-state index contributed by atoms with van der Waals surface area (Å²) >= 11 is 0. The van der Waals surface area contributed by atoms with Crippen molar-refractivity contribution in [2.24, 2.45) is 0 Å². The fourth-order valence-corrected chi connectivity index (χ4v) is 3.07. The number of esters is 1. The van der Waals surface area contributed by atoms with Crippen LogP contribution in [-0.4, -0.2) is 55.2 Å². The van der Waals surface area contributed by atoms with Crippen LogP contribution in [0.15, 0.2) is 18.2 Å². The van der Waals surface area contributed by atoms with Crippen molar-refractivity contribution in [3.05, 3.63) is 29.3 Å². The Kier molecular flexibility index (Phi) is 6.88. The maximum atomic E-state index is 12.3. The normalized spacial score (nSPS) is 15.1. The summed E-state index contributed by atoms with van der Waals surface area (Å²) in [4.78, 5) is 37.4. The molecule has 0 aliphatic carbocycles. The minimum absolute atomic E-state index is 0.214. The maximum absolute atomic E-state index is 12.3. The molecule has 2 amide bonds. The fourth-order valence-electron chi connectivity index (χ4n) is 3.07. The first-order valence-corrected chi connectivity index (χ1v) is 9.33. The lowest BCUT2D eigenvalue weighted by Gasteiger charge is -2.33. The largest absolute Gasteiger partial charge is 0.468 e. The molecule has 0 atom stereocenters. The number of nitrogens with two attached hydrogens (primary N) is 1. The van der Waals surface area contributed by atoms with E-state index >= 15 is 0 Å². The Labute approximate surface area is 165 Å². The summed E-state index contributed by atoms with van der Waals surface area (Å²) in [6.07, 6.45) is 1.24. The van der Waals surface area contributed by atoms with Crippen LogP contribution in [0.4, 0.5) is 10.5 Å². The first-order valence-electron chi connectivity index (χ1n) is 9.33. The molecule has 0 unspecified atom stereocenters. The number of carbonyl (C=O) groups is 3. The summed E-state index contributed by atoms with van der Waals surface area (Å²) in [5, 5.41) is 2.50. The van der Waals surface area contributed by atoms with Crippen molar-refractivity contribution in [2.75, 3.05) is 32.5 Å². The number of ether oxygens (including phenoxy) is 2. The third-order valence-electron chi connectivity index (χ3n) is 4.56. The minimum Gasteiger partial charge on any atom is -0.468 e. The second-order valence-corrected chi connectivity index (χ2v) is 7.85. The topological polar surface area (TPSA) is 111 Å². The van der Waals surface area contributed by atoms with Gasteiger partial charge in [0.15, 0.2) is 0 Å². The van der Waals surface area contributed by atoms with Gasteiger partial charge in [-0.05, 0) is 57.2 Å². The molecule has 1 aliphatic rings. The van der Waals surface area contributed by atoms with Gasteiger partial charge in [0.1, 0.15) is 12.1 Å². The zero-order valence-corrected chi connectivity index (χ0v) is 16.9. The van der Waals surface area contributed by atoms with Crippen molar-refractivity contribution in [2.45, 2.75) is 45.1 Å². The number of nitrogens with one attached hydrogen (secondary N) is 1. The SMILES string of the molecule is COC(=O)CNC(=O)c1cc(C2CCN(C(=O)OC(C)(C)C)CC2)ccc1N. The van der Waals surface area contributed by atoms with Crippen molar-refractivity contribution in [3.63, 3.8) is 0 Å². The van der Waals surface area contributed by atoms with E-state index in [9.17, 15) is 14.4 Å². The number of hydrogen-bond acceptors (Lipinski definition) is 6. The number of hydrogen-bond donors (Lipinski definition) is 2. The average Bonchev–Trinajstić information content (AvgIpc) is 2.65. The quantitative estimate of drug-likeness (QED) is 0.602. The molecule has 3 N–H and O–H groups in total. The highest BCUT2D eigenvalue weighted by Gasteiger charge is 2.28. The number of anilines is 1. The Morgan fingerprint density at radius 2 is 1.86 bits per heavy atom. The van der Waals surface area contributed by atoms with Gasteiger partial charge in [0.2, 0.25) is 0 Å². The third-order valence-corrected chi connectivity index (χ3v) is 4.56. The first kappa shape index (κ1) is 21.5. The van der Waals surface area contributed by atoms with E-state index in [2.05, 4.69) is 10.1 Å². The van der Waals surface area contributed by atoms with Gasteiger partial charge in [0.25, 0.3) is 5.91 Å². The summed E-state index contributed by atoms with van der Waals surface area (Å²) in [6.45, 7) is 6.51. The van der Waals surface area contributed by atoms with Gasteiger partial charge in [-0.1, -0.05) is 6.07 Å². The number of benzene rings is 1. The van der Waals surface area contributed by atoms with Gasteiger partial charge >= 0.3 is 12.1 Å². The summed E-state index contributed by atoms with van der Waals surface area (Å²) < 4.78 is 9.94. The van der Waals surface area contributed by atoms with Crippen molar-refractivity contribution in [3.8, 4) is 0 Å². The lowest BCUT2D eigenvalue weighted by molar-refractivity contribution is -0.139. The molecule has 8 nitrogen and oxygen atoms in total. The Bertz CT molecular complexity index is 734. The molecule has 0 bridgehead atoms. The van der Waals surface area contributed by atoms with E-state index in [1.807, 2.05) is 26.8 Å². The molecule has 154 valence electrons. The number of likely N-dealkylation sites (tertiary alicyclic amines) is 1. The van der Waals surface area contributed by atoms with E-state index in [1.165, 1.54) is 7.11 Å². The predicted octanol–water partition coefficient (Wildman–Crippen LogP) is 2.29. The lowest BCUT2D eigenvalue weighted by atomic mass is 9.88. The van der Waals surface area contributed by atoms with Gasteiger partial charge in [-0.25, -0.2) is 4.79 Å². The highest BCUT2D eigenvalue weighted by molar-refractivity contribution is 6.00. The molecule has 0 aromatic heterocycles. The standard InChI is InChI=1S/C20H29N3O5/c1-20(2,3)28-19(26)23-9-7-13(8-10-23)14-5-6-16(21)15(11-14)18(25)22-12-17(24)27-4/h5-6,11,13H,7-10,12,21H2,1-4H3,(H,22,25). The summed E-state index contributed by atoms with van der Waals surface area (Å²) in [7, 11) is 1.26. The van der Waals surface area contributed by atoms with E-state index in [0.717, 1.165) is 18.4 Å². The molecule has 1 fully saturated rings. The van der Waals surface area contributed by atoms with Crippen LogP contribution in [0.2, 0.25) is 0 Å². The van der Waals surface area contributed by atoms with E-state index in [0.29, 0.717) is 24.3 Å². The number of amides is 2. The van der Waals surface area contributed by atoms with Gasteiger partial charge in [-0.3, -0.25) is 9.59 Å². The smallest absolute Gasteiger partial charge is 0.410 e. The van der Waals surface area contributed by atoms with Crippen molar-refractivity contribution >= 4 is 23.7 Å². The van der Waals surface area contributed by atoms with Crippen molar-refractivity contribution < 1.29 is 23.9 Å². The Morgan fingerprint density at radius 1 is 1.21 bits per heavy atom. The molecular formula is C20H29N3O5. The molecule has 1 aliphatic heterocycles. The summed E-state index contributed by atoms with van der Waals surface area (Å²) in [6, 6.07) is 5.36. The molecule has 1 saturated heterocycles. The molecule has 1 aromatic carbocycles. The van der Waals surface area contributed by atoms with Crippen molar-refractivity contribution in [1.82, 2.24) is 10.2 Å². The second-order valence-electron chi connectivity index (χ2n) is 7.85.